The quantitative estimate of drug-likeness (QED) is 0.734. The van der Waals surface area contributed by atoms with E-state index >= 15 is 0 Å². The van der Waals surface area contributed by atoms with E-state index in [2.05, 4.69) is 25.6 Å². The molecule has 9 nitrogen and oxygen atoms in total. The van der Waals surface area contributed by atoms with E-state index in [0.717, 1.165) is 0 Å². The van der Waals surface area contributed by atoms with Gasteiger partial charge >= 0.3 is 0 Å². The predicted molar refractivity (Wildman–Crippen MR) is 77.5 cm³/mol. The summed E-state index contributed by atoms with van der Waals surface area (Å²) in [4.78, 5) is 30.0. The Bertz CT molecular complexity index is 888. The molecule has 0 radical (unpaired) electrons. The molecule has 3 aromatic rings. The van der Waals surface area contributed by atoms with Gasteiger partial charge in [0, 0.05) is 17.8 Å². The van der Waals surface area contributed by atoms with Crippen LogP contribution in [-0.4, -0.2) is 26.2 Å². The molecule has 0 spiro atoms. The summed E-state index contributed by atoms with van der Waals surface area (Å²) in [5.41, 5.74) is 1.16. The first-order valence-corrected chi connectivity index (χ1v) is 6.77. The zero-order valence-corrected chi connectivity index (χ0v) is 12.4. The summed E-state index contributed by atoms with van der Waals surface area (Å²) in [6.45, 7) is 3.40. The first kappa shape index (κ1) is 14.7. The number of H-pyrrole nitrogens is 1. The van der Waals surface area contributed by atoms with Gasteiger partial charge in [0.1, 0.15) is 11.3 Å². The maximum absolute atomic E-state index is 12.1. The fourth-order valence-electron chi connectivity index (χ4n) is 2.08. The summed E-state index contributed by atoms with van der Waals surface area (Å²) >= 11 is 0. The number of carbonyl (C=O) groups is 1. The van der Waals surface area contributed by atoms with E-state index < -0.39 is 0 Å². The number of nitrogens with one attached hydrogen (secondary N) is 2. The first-order chi connectivity index (χ1) is 11.0. The van der Waals surface area contributed by atoms with Crippen LogP contribution >= 0.6 is 0 Å². The van der Waals surface area contributed by atoms with Crippen LogP contribution in [0.2, 0.25) is 0 Å². The number of aryl methyl sites for hydroxylation is 2. The highest BCUT2D eigenvalue weighted by Crippen LogP contribution is 2.14. The fraction of sp³-hybridized carbons (Fsp3) is 0.214. The average Bonchev–Trinajstić information content (AvgIpc) is 3.12. The van der Waals surface area contributed by atoms with E-state index in [9.17, 15) is 9.59 Å². The summed E-state index contributed by atoms with van der Waals surface area (Å²) in [6.07, 6.45) is 1.49. The van der Waals surface area contributed by atoms with Crippen molar-refractivity contribution < 1.29 is 13.8 Å². The molecule has 3 aromatic heterocycles. The largest absolute Gasteiger partial charge is 0.361 e. The molecule has 23 heavy (non-hydrogen) atoms. The Labute approximate surface area is 129 Å². The molecule has 3 rings (SSSR count). The van der Waals surface area contributed by atoms with Crippen LogP contribution < -0.4 is 10.9 Å². The minimum atomic E-state index is -0.336. The number of aromatic nitrogens is 4. The van der Waals surface area contributed by atoms with Crippen LogP contribution in [0.5, 0.6) is 0 Å². The molecule has 0 saturated heterocycles. The van der Waals surface area contributed by atoms with Crippen LogP contribution in [0.4, 0.5) is 0 Å². The lowest BCUT2D eigenvalue weighted by Crippen LogP contribution is -2.24. The molecule has 3 heterocycles. The molecule has 0 aliphatic carbocycles. The van der Waals surface area contributed by atoms with Crippen LogP contribution in [0, 0.1) is 13.8 Å². The molecule has 0 saturated carbocycles. The second-order valence-corrected chi connectivity index (χ2v) is 4.84. The molecule has 0 aromatic carbocycles. The lowest BCUT2D eigenvalue weighted by atomic mass is 10.2. The molecular formula is C14H13N5O4. The Hall–Kier alpha value is -3.23. The molecule has 0 aliphatic rings. The number of rotatable bonds is 4. The third kappa shape index (κ3) is 3.03. The molecular weight excluding hydrogens is 302 g/mol. The van der Waals surface area contributed by atoms with Crippen molar-refractivity contribution in [1.29, 1.82) is 0 Å². The van der Waals surface area contributed by atoms with Gasteiger partial charge in [0.15, 0.2) is 0 Å². The molecule has 0 fully saturated rings. The smallest absolute Gasteiger partial charge is 0.257 e. The second-order valence-electron chi connectivity index (χ2n) is 4.84. The number of carbonyl (C=O) groups excluding carboxylic acids is 1. The van der Waals surface area contributed by atoms with Crippen LogP contribution in [0.3, 0.4) is 0 Å². The summed E-state index contributed by atoms with van der Waals surface area (Å²) in [5.74, 6) is 0.602. The maximum Gasteiger partial charge on any atom is 0.257 e. The molecule has 0 aliphatic heterocycles. The minimum Gasteiger partial charge on any atom is -0.361 e. The van der Waals surface area contributed by atoms with E-state index in [4.69, 9.17) is 9.05 Å². The van der Waals surface area contributed by atoms with Gasteiger partial charge in [-0.1, -0.05) is 10.3 Å². The van der Waals surface area contributed by atoms with Crippen LogP contribution in [0.25, 0.3) is 11.4 Å². The summed E-state index contributed by atoms with van der Waals surface area (Å²) in [5, 5.41) is 10.2. The highest BCUT2D eigenvalue weighted by Gasteiger charge is 2.18. The SMILES string of the molecule is Cc1noc(C)c1C(=O)NCc1nc(-c2cc[nH]c(=O)c2)no1. The normalized spacial score (nSPS) is 10.7. The fourth-order valence-corrected chi connectivity index (χ4v) is 2.08. The summed E-state index contributed by atoms with van der Waals surface area (Å²) in [7, 11) is 0. The Morgan fingerprint density at radius 2 is 2.13 bits per heavy atom. The van der Waals surface area contributed by atoms with E-state index in [1.54, 1.807) is 19.9 Å². The lowest BCUT2D eigenvalue weighted by Gasteiger charge is -2.00. The van der Waals surface area contributed by atoms with Gasteiger partial charge in [0.25, 0.3) is 5.91 Å². The molecule has 0 unspecified atom stereocenters. The third-order valence-electron chi connectivity index (χ3n) is 3.16. The van der Waals surface area contributed by atoms with E-state index in [1.165, 1.54) is 12.3 Å². The Kier molecular flexibility index (Phi) is 3.75. The van der Waals surface area contributed by atoms with Crippen molar-refractivity contribution in [2.75, 3.05) is 0 Å². The van der Waals surface area contributed by atoms with Crippen LogP contribution in [0.15, 0.2) is 32.2 Å². The number of hydrogen-bond donors (Lipinski definition) is 2. The predicted octanol–water partition coefficient (Wildman–Crippen LogP) is 0.960. The van der Waals surface area contributed by atoms with E-state index in [0.29, 0.717) is 22.6 Å². The molecule has 1 amide bonds. The Balaban J connectivity index is 1.70. The van der Waals surface area contributed by atoms with Gasteiger partial charge in [-0.3, -0.25) is 9.59 Å². The summed E-state index contributed by atoms with van der Waals surface area (Å²) < 4.78 is 10.0. The van der Waals surface area contributed by atoms with E-state index in [-0.39, 0.29) is 29.7 Å². The third-order valence-corrected chi connectivity index (χ3v) is 3.16. The van der Waals surface area contributed by atoms with Gasteiger partial charge in [0.05, 0.1) is 12.2 Å². The van der Waals surface area contributed by atoms with Crippen LogP contribution in [-0.2, 0) is 6.54 Å². The molecule has 118 valence electrons. The van der Waals surface area contributed by atoms with E-state index in [1.807, 2.05) is 0 Å². The topological polar surface area (TPSA) is 127 Å². The maximum atomic E-state index is 12.1. The van der Waals surface area contributed by atoms with Gasteiger partial charge in [-0.2, -0.15) is 4.98 Å². The van der Waals surface area contributed by atoms with Crippen molar-refractivity contribution in [2.24, 2.45) is 0 Å². The highest BCUT2D eigenvalue weighted by atomic mass is 16.5. The number of pyridine rings is 1. The second kappa shape index (κ2) is 5.87. The first-order valence-electron chi connectivity index (χ1n) is 6.77. The summed E-state index contributed by atoms with van der Waals surface area (Å²) in [6, 6.07) is 3.01. The van der Waals surface area contributed by atoms with Crippen molar-refractivity contribution in [3.05, 3.63) is 51.6 Å². The van der Waals surface area contributed by atoms with Gasteiger partial charge in [-0.15, -0.1) is 0 Å². The van der Waals surface area contributed by atoms with Gasteiger partial charge in [-0.25, -0.2) is 0 Å². The lowest BCUT2D eigenvalue weighted by molar-refractivity contribution is 0.0944. The zero-order valence-electron chi connectivity index (χ0n) is 12.4. The highest BCUT2D eigenvalue weighted by molar-refractivity contribution is 5.95. The van der Waals surface area contributed by atoms with Crippen molar-refractivity contribution in [1.82, 2.24) is 25.6 Å². The van der Waals surface area contributed by atoms with Crippen molar-refractivity contribution >= 4 is 5.91 Å². The number of aromatic amines is 1. The van der Waals surface area contributed by atoms with Gasteiger partial charge < -0.3 is 19.3 Å². The van der Waals surface area contributed by atoms with Crippen LogP contribution in [0.1, 0.15) is 27.7 Å². The molecule has 0 bridgehead atoms. The minimum absolute atomic E-state index is 0.0546. The zero-order chi connectivity index (χ0) is 16.4. The molecule has 2 N–H and O–H groups in total. The van der Waals surface area contributed by atoms with Gasteiger partial charge in [0.2, 0.25) is 17.3 Å². The molecule has 0 atom stereocenters. The number of amides is 1. The average molecular weight is 315 g/mol. The monoisotopic (exact) mass is 315 g/mol. The van der Waals surface area contributed by atoms with Crippen molar-refractivity contribution in [3.63, 3.8) is 0 Å². The number of nitrogens with zero attached hydrogens (tertiary/aromatic N) is 3. The molecule has 9 heteroatoms. The standard InChI is InChI=1S/C14H13N5O4/c1-7-12(8(2)22-18-7)14(21)16-6-11-17-13(19-23-11)9-3-4-15-10(20)5-9/h3-5H,6H2,1-2H3,(H,15,20)(H,16,21). The van der Waals surface area contributed by atoms with Gasteiger partial charge in [-0.05, 0) is 19.9 Å². The van der Waals surface area contributed by atoms with Crippen molar-refractivity contribution in [3.8, 4) is 11.4 Å². The Morgan fingerprint density at radius 3 is 2.83 bits per heavy atom. The Morgan fingerprint density at radius 1 is 1.30 bits per heavy atom. The van der Waals surface area contributed by atoms with Crippen molar-refractivity contribution in [2.45, 2.75) is 20.4 Å². The number of hydrogen-bond acceptors (Lipinski definition) is 7.